The maximum Gasteiger partial charge on any atom is 0.455 e. The monoisotopic (exact) mass is 594 g/mol. The highest BCUT2D eigenvalue weighted by Gasteiger charge is 2.57. The normalized spacial score (nSPS) is 23.5. The molecule has 2 aliphatic heterocycles. The number of hydrogen-bond acceptors (Lipinski definition) is 8. The second-order valence-corrected chi connectivity index (χ2v) is 11.4. The van der Waals surface area contributed by atoms with Gasteiger partial charge in [0, 0.05) is 17.7 Å². The predicted octanol–water partition coefficient (Wildman–Crippen LogP) is 4.62. The molecule has 2 amide bonds. The molecule has 224 valence electrons. The van der Waals surface area contributed by atoms with Crippen molar-refractivity contribution in [2.75, 3.05) is 11.5 Å². The Kier molecular flexibility index (Phi) is 8.18. The third-order valence-electron chi connectivity index (χ3n) is 8.88. The van der Waals surface area contributed by atoms with Gasteiger partial charge < -0.3 is 19.9 Å². The molecular weight excluding hydrogens is 563 g/mol. The van der Waals surface area contributed by atoms with Gasteiger partial charge in [-0.25, -0.2) is 4.90 Å². The zero-order chi connectivity index (χ0) is 31.0. The van der Waals surface area contributed by atoms with Gasteiger partial charge in [-0.15, -0.1) is 0 Å². The first-order valence-electron chi connectivity index (χ1n) is 14.6. The Morgan fingerprint density at radius 3 is 2.50 bits per heavy atom. The van der Waals surface area contributed by atoms with E-state index in [9.17, 15) is 34.9 Å². The molecular formula is C33H31BN2O8. The van der Waals surface area contributed by atoms with E-state index in [1.165, 1.54) is 24.3 Å². The molecule has 0 unspecified atom stereocenters. The van der Waals surface area contributed by atoms with Crippen LogP contribution in [0.3, 0.4) is 0 Å². The number of rotatable bonds is 8. The fraction of sp³-hybridized carbons (Fsp3) is 0.273. The van der Waals surface area contributed by atoms with Crippen LogP contribution in [0.15, 0.2) is 90.0 Å². The summed E-state index contributed by atoms with van der Waals surface area (Å²) in [7, 11) is -1.19. The maximum absolute atomic E-state index is 13.9. The van der Waals surface area contributed by atoms with Gasteiger partial charge in [0.1, 0.15) is 5.75 Å². The van der Waals surface area contributed by atoms with Gasteiger partial charge in [0.2, 0.25) is 11.8 Å². The summed E-state index contributed by atoms with van der Waals surface area (Å²) in [5, 5.41) is 43.1. The first-order valence-corrected chi connectivity index (χ1v) is 14.6. The number of nitro groups is 1. The highest BCUT2D eigenvalue weighted by atomic mass is 16.6. The Morgan fingerprint density at radius 2 is 1.77 bits per heavy atom. The molecule has 6 rings (SSSR count). The average Bonchev–Trinajstić information content (AvgIpc) is 3.28. The molecule has 3 aromatic rings. The molecule has 3 aliphatic rings. The zero-order valence-corrected chi connectivity index (χ0v) is 23.8. The van der Waals surface area contributed by atoms with Crippen LogP contribution >= 0.6 is 0 Å². The number of allylic oxidation sites excluding steroid dienone is 1. The van der Waals surface area contributed by atoms with Gasteiger partial charge >= 0.3 is 7.12 Å². The number of carbonyl (C=O) groups excluding carboxylic acids is 2. The number of aromatic hydroxyl groups is 1. The number of aliphatic hydroxyl groups excluding tert-OH is 1. The van der Waals surface area contributed by atoms with E-state index in [2.05, 4.69) is 0 Å². The summed E-state index contributed by atoms with van der Waals surface area (Å²) < 4.78 is 6.04. The minimum atomic E-state index is -1.19. The molecule has 44 heavy (non-hydrogen) atoms. The third-order valence-corrected chi connectivity index (χ3v) is 8.88. The molecule has 10 nitrogen and oxygen atoms in total. The van der Waals surface area contributed by atoms with Crippen molar-refractivity contribution < 1.29 is 34.4 Å². The smallest absolute Gasteiger partial charge is 0.455 e. The Morgan fingerprint density at radius 1 is 1.02 bits per heavy atom. The topological polar surface area (TPSA) is 150 Å². The molecule has 0 aromatic heterocycles. The number of amides is 2. The highest BCUT2D eigenvalue weighted by Crippen LogP contribution is 2.51. The number of para-hydroxylation sites is 1. The average molecular weight is 594 g/mol. The van der Waals surface area contributed by atoms with E-state index in [0.717, 1.165) is 21.6 Å². The molecule has 0 bridgehead atoms. The molecule has 3 N–H and O–H groups in total. The van der Waals surface area contributed by atoms with Gasteiger partial charge in [-0.1, -0.05) is 54.6 Å². The van der Waals surface area contributed by atoms with E-state index >= 15 is 0 Å². The molecule has 3 aromatic carbocycles. The Labute approximate surface area is 254 Å². The number of benzene rings is 3. The van der Waals surface area contributed by atoms with Crippen molar-refractivity contribution in [3.63, 3.8) is 0 Å². The van der Waals surface area contributed by atoms with Gasteiger partial charge in [-0.05, 0) is 72.0 Å². The lowest BCUT2D eigenvalue weighted by Gasteiger charge is -2.43. The SMILES string of the molecule is O=C1[C@@H]2[C@@H](CC(CO)=C3[C@@H](CC/C(=C/c4ccccc4O)c4ccccc4)OB(O)C[C@@H]32)C(=O)N1c1cccc([N+](=O)[O-])c1. The number of phenols is 1. The van der Waals surface area contributed by atoms with Gasteiger partial charge in [-0.2, -0.15) is 0 Å². The summed E-state index contributed by atoms with van der Waals surface area (Å²) in [4.78, 5) is 39.3. The number of nitro benzene ring substituents is 1. The van der Waals surface area contributed by atoms with Gasteiger partial charge in [-0.3, -0.25) is 19.7 Å². The van der Waals surface area contributed by atoms with E-state index in [0.29, 0.717) is 24.0 Å². The van der Waals surface area contributed by atoms with Crippen LogP contribution in [0.1, 0.15) is 30.4 Å². The minimum Gasteiger partial charge on any atom is -0.507 e. The molecule has 0 saturated carbocycles. The van der Waals surface area contributed by atoms with Crippen molar-refractivity contribution in [2.45, 2.75) is 31.7 Å². The fourth-order valence-electron chi connectivity index (χ4n) is 6.95. The van der Waals surface area contributed by atoms with E-state index in [1.54, 1.807) is 12.1 Å². The summed E-state index contributed by atoms with van der Waals surface area (Å²) in [6, 6.07) is 22.2. The molecule has 2 saturated heterocycles. The van der Waals surface area contributed by atoms with Gasteiger partial charge in [0.25, 0.3) is 5.69 Å². The van der Waals surface area contributed by atoms with Gasteiger partial charge in [0.05, 0.1) is 35.2 Å². The number of hydrogen-bond donors (Lipinski definition) is 3. The molecule has 4 atom stereocenters. The largest absolute Gasteiger partial charge is 0.507 e. The predicted molar refractivity (Wildman–Crippen MR) is 164 cm³/mol. The van der Waals surface area contributed by atoms with Crippen molar-refractivity contribution in [3.05, 3.63) is 111 Å². The second-order valence-electron chi connectivity index (χ2n) is 11.4. The van der Waals surface area contributed by atoms with Crippen molar-refractivity contribution in [1.29, 1.82) is 0 Å². The number of nitrogens with zero attached hydrogens (tertiary/aromatic N) is 2. The lowest BCUT2D eigenvalue weighted by Crippen LogP contribution is -2.46. The van der Waals surface area contributed by atoms with Crippen LogP contribution in [0, 0.1) is 27.9 Å². The number of carbonyl (C=O) groups is 2. The number of fused-ring (bicyclic) bond motifs is 3. The summed E-state index contributed by atoms with van der Waals surface area (Å²) in [5.41, 5.74) is 3.77. The number of phenolic OH excluding ortho intramolecular Hbond substituents is 1. The van der Waals surface area contributed by atoms with Crippen LogP contribution in [0.2, 0.25) is 6.32 Å². The Balaban J connectivity index is 1.32. The number of imide groups is 1. The van der Waals surface area contributed by atoms with Crippen molar-refractivity contribution in [2.24, 2.45) is 17.8 Å². The molecule has 0 radical (unpaired) electrons. The number of non-ortho nitro benzene ring substituents is 1. The number of anilines is 1. The lowest BCUT2D eigenvalue weighted by atomic mass is 9.58. The second kappa shape index (κ2) is 12.2. The van der Waals surface area contributed by atoms with E-state index in [-0.39, 0.29) is 36.5 Å². The van der Waals surface area contributed by atoms with Crippen LogP contribution in [0.5, 0.6) is 5.75 Å². The van der Waals surface area contributed by atoms with Crippen molar-refractivity contribution in [1.82, 2.24) is 0 Å². The zero-order valence-electron chi connectivity index (χ0n) is 23.8. The minimum absolute atomic E-state index is 0.0809. The van der Waals surface area contributed by atoms with Crippen LogP contribution in [-0.4, -0.2) is 51.8 Å². The molecule has 1 aliphatic carbocycles. The maximum atomic E-state index is 13.9. The van der Waals surface area contributed by atoms with Crippen LogP contribution in [-0.2, 0) is 14.2 Å². The van der Waals surface area contributed by atoms with Gasteiger partial charge in [0.15, 0.2) is 0 Å². The molecule has 0 spiro atoms. The van der Waals surface area contributed by atoms with Crippen LogP contribution < -0.4 is 4.90 Å². The third kappa shape index (κ3) is 5.45. The Hall–Kier alpha value is -4.58. The number of aliphatic hydroxyl groups is 1. The standard InChI is InChI=1S/C33H31BN2O8/c37-19-23-16-26-31(33(40)35(32(26)39)24-10-6-11-25(17-24)36(42)43)27-18-34(41)44-29(30(23)27)14-13-21(20-7-2-1-3-8-20)15-22-9-4-5-12-28(22)38/h1-12,15,17,26-27,29,31,37-38,41H,13-14,16,18-19H2/b21-15-/t26-,27+,29-,31-/m1/s1. The summed E-state index contributed by atoms with van der Waals surface area (Å²) in [6.45, 7) is -0.331. The van der Waals surface area contributed by atoms with Crippen molar-refractivity contribution >= 4 is 42.0 Å². The summed E-state index contributed by atoms with van der Waals surface area (Å²) >= 11 is 0. The quantitative estimate of drug-likeness (QED) is 0.0855. The van der Waals surface area contributed by atoms with E-state index in [4.69, 9.17) is 4.65 Å². The fourth-order valence-corrected chi connectivity index (χ4v) is 6.95. The molecule has 11 heteroatoms. The summed E-state index contributed by atoms with van der Waals surface area (Å²) in [5.74, 6) is -2.90. The first-order chi connectivity index (χ1) is 21.3. The lowest BCUT2D eigenvalue weighted by molar-refractivity contribution is -0.384. The van der Waals surface area contributed by atoms with Crippen LogP contribution in [0.25, 0.3) is 11.6 Å². The summed E-state index contributed by atoms with van der Waals surface area (Å²) in [6.07, 6.45) is 2.42. The van der Waals surface area contributed by atoms with Crippen LogP contribution in [0.4, 0.5) is 11.4 Å². The Bertz CT molecular complexity index is 1670. The first kappa shape index (κ1) is 29.5. The van der Waals surface area contributed by atoms with Crippen molar-refractivity contribution in [3.8, 4) is 5.75 Å². The van der Waals surface area contributed by atoms with E-state index < -0.39 is 47.7 Å². The van der Waals surface area contributed by atoms with E-state index in [1.807, 2.05) is 48.5 Å². The molecule has 2 fully saturated rings. The highest BCUT2D eigenvalue weighted by molar-refractivity contribution is 6.43. The molecule has 2 heterocycles.